The number of rotatable bonds is 2. The summed E-state index contributed by atoms with van der Waals surface area (Å²) < 4.78 is 20.8. The zero-order valence-electron chi connectivity index (χ0n) is 3.99. The van der Waals surface area contributed by atoms with Gasteiger partial charge in [0.1, 0.15) is 0 Å². The molecule has 48 valence electrons. The summed E-state index contributed by atoms with van der Waals surface area (Å²) in [4.78, 5) is 13.4. The van der Waals surface area contributed by atoms with E-state index in [0.717, 1.165) is 6.92 Å². The smallest absolute Gasteiger partial charge is 0.282 e. The molecular weight excluding hydrogens is 136 g/mol. The number of carbonyl (C=O) groups excluding carboxylic acids is 1. The molecular formula is C2H4O5S. The summed E-state index contributed by atoms with van der Waals surface area (Å²) in [5, 5.41) is 0. The van der Waals surface area contributed by atoms with Gasteiger partial charge in [-0.2, -0.15) is 4.21 Å². The van der Waals surface area contributed by atoms with Crippen molar-refractivity contribution >= 4 is 17.3 Å². The van der Waals surface area contributed by atoms with E-state index in [2.05, 4.69) is 9.22 Å². The lowest BCUT2D eigenvalue weighted by Crippen LogP contribution is -2.01. The Kier molecular flexibility index (Phi) is 3.33. The SMILES string of the molecule is CC(=O)OOS(=O)O. The van der Waals surface area contributed by atoms with Crippen molar-refractivity contribution in [2.24, 2.45) is 0 Å². The maximum atomic E-state index is 9.76. The molecule has 0 amide bonds. The Morgan fingerprint density at radius 1 is 1.75 bits per heavy atom. The van der Waals surface area contributed by atoms with Gasteiger partial charge in [-0.15, -0.1) is 0 Å². The first-order valence-corrected chi connectivity index (χ1v) is 2.62. The monoisotopic (exact) mass is 140 g/mol. The van der Waals surface area contributed by atoms with Crippen LogP contribution in [0.5, 0.6) is 0 Å². The molecule has 0 bridgehead atoms. The van der Waals surface area contributed by atoms with Crippen LogP contribution in [0.1, 0.15) is 6.92 Å². The van der Waals surface area contributed by atoms with Crippen molar-refractivity contribution in [2.75, 3.05) is 0 Å². The molecule has 6 heteroatoms. The molecule has 5 nitrogen and oxygen atoms in total. The molecule has 0 aromatic heterocycles. The molecule has 0 aromatic carbocycles. The summed E-state index contributed by atoms with van der Waals surface area (Å²) in [7, 11) is 0. The largest absolute Gasteiger partial charge is 0.340 e. The minimum atomic E-state index is -2.53. The van der Waals surface area contributed by atoms with Crippen LogP contribution in [0.25, 0.3) is 0 Å². The Labute approximate surface area is 48.0 Å². The van der Waals surface area contributed by atoms with Crippen LogP contribution in [0, 0.1) is 0 Å². The van der Waals surface area contributed by atoms with Gasteiger partial charge in [0.15, 0.2) is 0 Å². The van der Waals surface area contributed by atoms with Gasteiger partial charge in [-0.3, -0.25) is 9.44 Å². The van der Waals surface area contributed by atoms with Crippen molar-refractivity contribution in [2.45, 2.75) is 6.92 Å². The molecule has 0 radical (unpaired) electrons. The van der Waals surface area contributed by atoms with Gasteiger partial charge in [0.05, 0.1) is 0 Å². The Morgan fingerprint density at radius 3 is 2.38 bits per heavy atom. The Morgan fingerprint density at radius 2 is 2.25 bits per heavy atom. The Hall–Kier alpha value is -0.460. The molecule has 0 aliphatic heterocycles. The minimum Gasteiger partial charge on any atom is -0.282 e. The zero-order chi connectivity index (χ0) is 6.57. The molecule has 1 atom stereocenters. The molecule has 0 rings (SSSR count). The molecule has 1 unspecified atom stereocenters. The normalized spacial score (nSPS) is 12.8. The summed E-state index contributed by atoms with van der Waals surface area (Å²) in [6.45, 7) is 1.05. The predicted octanol–water partition coefficient (Wildman–Crippen LogP) is -0.382. The summed E-state index contributed by atoms with van der Waals surface area (Å²) in [6.07, 6.45) is 0. The topological polar surface area (TPSA) is 72.8 Å². The lowest BCUT2D eigenvalue weighted by atomic mass is 10.9. The highest BCUT2D eigenvalue weighted by molar-refractivity contribution is 7.74. The quantitative estimate of drug-likeness (QED) is 0.321. The van der Waals surface area contributed by atoms with E-state index in [0.29, 0.717) is 0 Å². The molecule has 0 fully saturated rings. The average molecular weight is 140 g/mol. The second-order valence-electron chi connectivity index (χ2n) is 0.860. The maximum absolute atomic E-state index is 9.76. The van der Waals surface area contributed by atoms with E-state index in [4.69, 9.17) is 4.55 Å². The third kappa shape index (κ3) is 5.54. The Bertz CT molecular complexity index is 95.0. The van der Waals surface area contributed by atoms with E-state index in [9.17, 15) is 9.00 Å². The van der Waals surface area contributed by atoms with Crippen LogP contribution in [0.2, 0.25) is 0 Å². The van der Waals surface area contributed by atoms with Crippen LogP contribution < -0.4 is 0 Å². The Balaban J connectivity index is 3.18. The van der Waals surface area contributed by atoms with Gasteiger partial charge in [-0.1, -0.05) is 4.33 Å². The standard InChI is InChI=1S/C2H4O5S/c1-2(3)6-7-8(4)5/h1H3,(H,4,5). The molecule has 0 heterocycles. The van der Waals surface area contributed by atoms with Crippen LogP contribution in [0.4, 0.5) is 0 Å². The first-order valence-electron chi connectivity index (χ1n) is 1.59. The van der Waals surface area contributed by atoms with Gasteiger partial charge >= 0.3 is 17.3 Å². The summed E-state index contributed by atoms with van der Waals surface area (Å²) in [5.41, 5.74) is 0. The van der Waals surface area contributed by atoms with Gasteiger partial charge in [0, 0.05) is 6.92 Å². The van der Waals surface area contributed by atoms with Gasteiger partial charge in [0.25, 0.3) is 0 Å². The van der Waals surface area contributed by atoms with Crippen LogP contribution in [0.3, 0.4) is 0 Å². The van der Waals surface area contributed by atoms with Crippen LogP contribution in [-0.2, 0) is 25.4 Å². The molecule has 1 N–H and O–H groups in total. The maximum Gasteiger partial charge on any atom is 0.340 e. The van der Waals surface area contributed by atoms with Gasteiger partial charge in [-0.05, 0) is 0 Å². The second kappa shape index (κ2) is 3.53. The van der Waals surface area contributed by atoms with Crippen molar-refractivity contribution in [3.05, 3.63) is 0 Å². The van der Waals surface area contributed by atoms with Crippen LogP contribution in [-0.4, -0.2) is 14.7 Å². The van der Waals surface area contributed by atoms with Crippen molar-refractivity contribution in [1.29, 1.82) is 0 Å². The molecule has 0 saturated carbocycles. The lowest BCUT2D eigenvalue weighted by Gasteiger charge is -1.90. The highest BCUT2D eigenvalue weighted by Crippen LogP contribution is 1.80. The zero-order valence-corrected chi connectivity index (χ0v) is 4.80. The van der Waals surface area contributed by atoms with Crippen molar-refractivity contribution in [3.8, 4) is 0 Å². The van der Waals surface area contributed by atoms with E-state index < -0.39 is 17.3 Å². The van der Waals surface area contributed by atoms with Crippen molar-refractivity contribution in [3.63, 3.8) is 0 Å². The molecule has 0 aliphatic rings. The van der Waals surface area contributed by atoms with Gasteiger partial charge in [0.2, 0.25) is 0 Å². The number of hydrogen-bond acceptors (Lipinski definition) is 4. The van der Waals surface area contributed by atoms with E-state index in [1.807, 2.05) is 0 Å². The minimum absolute atomic E-state index is 0.771. The number of hydrogen-bond donors (Lipinski definition) is 1. The molecule has 8 heavy (non-hydrogen) atoms. The summed E-state index contributed by atoms with van der Waals surface area (Å²) in [5.74, 6) is -0.771. The van der Waals surface area contributed by atoms with Gasteiger partial charge < -0.3 is 0 Å². The van der Waals surface area contributed by atoms with E-state index in [1.54, 1.807) is 0 Å². The van der Waals surface area contributed by atoms with Crippen molar-refractivity contribution in [1.82, 2.24) is 0 Å². The van der Waals surface area contributed by atoms with Gasteiger partial charge in [-0.25, -0.2) is 4.79 Å². The predicted molar refractivity (Wildman–Crippen MR) is 23.6 cm³/mol. The van der Waals surface area contributed by atoms with Crippen LogP contribution >= 0.6 is 0 Å². The average Bonchev–Trinajstić information content (AvgIpc) is 1.61. The van der Waals surface area contributed by atoms with Crippen LogP contribution in [0.15, 0.2) is 0 Å². The number of carbonyl (C=O) groups is 1. The summed E-state index contributed by atoms with van der Waals surface area (Å²) in [6, 6.07) is 0. The molecule has 0 saturated heterocycles. The third-order valence-electron chi connectivity index (χ3n) is 0.210. The first-order chi connectivity index (χ1) is 3.63. The molecule has 0 aliphatic carbocycles. The van der Waals surface area contributed by atoms with Crippen molar-refractivity contribution < 1.29 is 22.8 Å². The lowest BCUT2D eigenvalue weighted by molar-refractivity contribution is -0.208. The third-order valence-corrected chi connectivity index (χ3v) is 0.394. The highest BCUT2D eigenvalue weighted by Gasteiger charge is 1.96. The summed E-state index contributed by atoms with van der Waals surface area (Å²) >= 11 is -2.53. The molecule has 0 aromatic rings. The fourth-order valence-electron chi connectivity index (χ4n) is 0.0770. The fraction of sp³-hybridized carbons (Fsp3) is 0.500. The molecule has 0 spiro atoms. The van der Waals surface area contributed by atoms with E-state index >= 15 is 0 Å². The fourth-order valence-corrected chi connectivity index (χ4v) is 0.231. The highest BCUT2D eigenvalue weighted by atomic mass is 32.2. The van der Waals surface area contributed by atoms with E-state index in [-0.39, 0.29) is 0 Å². The second-order valence-corrected chi connectivity index (χ2v) is 1.43. The first kappa shape index (κ1) is 7.54. The van der Waals surface area contributed by atoms with E-state index in [1.165, 1.54) is 0 Å².